The fourth-order valence-corrected chi connectivity index (χ4v) is 2.62. The Bertz CT molecular complexity index is 767. The Morgan fingerprint density at radius 2 is 1.55 bits per heavy atom. The van der Waals surface area contributed by atoms with Crippen LogP contribution in [-0.4, -0.2) is 14.3 Å². The molecule has 0 saturated heterocycles. The van der Waals surface area contributed by atoms with E-state index in [0.29, 0.717) is 11.4 Å². The lowest BCUT2D eigenvalue weighted by Crippen LogP contribution is -2.09. The summed E-state index contributed by atoms with van der Waals surface area (Å²) < 4.78 is 26.4. The van der Waals surface area contributed by atoms with E-state index in [0.717, 1.165) is 11.0 Å². The Hall–Kier alpha value is -2.60. The smallest absolute Gasteiger partial charge is 0.255 e. The Morgan fingerprint density at radius 1 is 0.955 bits per heavy atom. The minimum absolute atomic E-state index is 0.181. The summed E-state index contributed by atoms with van der Waals surface area (Å²) in [5.41, 5.74) is 1.83. The van der Waals surface area contributed by atoms with Crippen molar-refractivity contribution in [1.82, 2.24) is 0 Å². The fourth-order valence-electron chi connectivity index (χ4n) is 1.76. The number of carbonyl (C=O) groups is 1. The Morgan fingerprint density at radius 3 is 2.14 bits per heavy atom. The second-order valence-corrected chi connectivity index (χ2v) is 6.19. The third kappa shape index (κ3) is 5.06. The van der Waals surface area contributed by atoms with Gasteiger partial charge in [-0.05, 0) is 35.9 Å². The topological polar surface area (TPSA) is 75.3 Å². The van der Waals surface area contributed by atoms with E-state index in [2.05, 4.69) is 10.0 Å². The molecule has 0 heterocycles. The summed E-state index contributed by atoms with van der Waals surface area (Å²) >= 11 is 0. The molecule has 0 radical (unpaired) electrons. The molecule has 0 atom stereocenters. The third-order valence-corrected chi connectivity index (χ3v) is 3.72. The van der Waals surface area contributed by atoms with Crippen molar-refractivity contribution in [3.63, 3.8) is 0 Å². The average Bonchev–Trinajstić information content (AvgIpc) is 2.48. The monoisotopic (exact) mass is 316 g/mol. The molecule has 2 aromatic carbocycles. The first kappa shape index (κ1) is 15.8. The average molecular weight is 316 g/mol. The van der Waals surface area contributed by atoms with Crippen molar-refractivity contribution in [3.8, 4) is 0 Å². The Labute approximate surface area is 129 Å². The Balaban J connectivity index is 2.05. The molecule has 2 rings (SSSR count). The lowest BCUT2D eigenvalue weighted by atomic mass is 10.2. The molecule has 22 heavy (non-hydrogen) atoms. The zero-order valence-corrected chi connectivity index (χ0v) is 12.8. The van der Waals surface area contributed by atoms with Crippen LogP contribution in [0.1, 0.15) is 12.5 Å². The molecule has 6 heteroatoms. The predicted octanol–water partition coefficient (Wildman–Crippen LogP) is 3.06. The van der Waals surface area contributed by atoms with Gasteiger partial charge in [0.1, 0.15) is 0 Å². The zero-order valence-electron chi connectivity index (χ0n) is 12.0. The molecule has 0 aliphatic heterocycles. The molecule has 0 aromatic heterocycles. The summed E-state index contributed by atoms with van der Waals surface area (Å²) in [4.78, 5) is 10.9. The van der Waals surface area contributed by atoms with Crippen molar-refractivity contribution in [1.29, 1.82) is 0 Å². The molecule has 0 unspecified atom stereocenters. The number of anilines is 2. The molecule has 0 aliphatic rings. The van der Waals surface area contributed by atoms with E-state index in [1.165, 1.54) is 13.0 Å². The number of hydrogen-bond acceptors (Lipinski definition) is 3. The highest BCUT2D eigenvalue weighted by atomic mass is 32.2. The largest absolute Gasteiger partial charge is 0.326 e. The van der Waals surface area contributed by atoms with Crippen LogP contribution < -0.4 is 10.0 Å². The van der Waals surface area contributed by atoms with E-state index in [9.17, 15) is 13.2 Å². The van der Waals surface area contributed by atoms with Crippen molar-refractivity contribution in [3.05, 3.63) is 65.6 Å². The van der Waals surface area contributed by atoms with Gasteiger partial charge in [-0.3, -0.25) is 9.52 Å². The normalized spacial score (nSPS) is 11.3. The van der Waals surface area contributed by atoms with Gasteiger partial charge < -0.3 is 5.32 Å². The van der Waals surface area contributed by atoms with E-state index in [1.807, 2.05) is 30.3 Å². The first-order valence-electron chi connectivity index (χ1n) is 6.58. The third-order valence-electron chi connectivity index (χ3n) is 2.70. The molecule has 5 nitrogen and oxygen atoms in total. The Kier molecular flexibility index (Phi) is 4.95. The summed E-state index contributed by atoms with van der Waals surface area (Å²) in [5.74, 6) is -0.181. The van der Waals surface area contributed by atoms with Crippen LogP contribution in [-0.2, 0) is 14.8 Å². The van der Waals surface area contributed by atoms with Crippen LogP contribution in [0.25, 0.3) is 6.08 Å². The van der Waals surface area contributed by atoms with E-state index in [4.69, 9.17) is 0 Å². The highest BCUT2D eigenvalue weighted by molar-refractivity contribution is 7.95. The van der Waals surface area contributed by atoms with E-state index >= 15 is 0 Å². The number of nitrogens with one attached hydrogen (secondary N) is 2. The molecule has 0 aliphatic carbocycles. The summed E-state index contributed by atoms with van der Waals surface area (Å²) in [6.45, 7) is 1.41. The summed E-state index contributed by atoms with van der Waals surface area (Å²) in [6.07, 6.45) is 1.52. The molecular weight excluding hydrogens is 300 g/mol. The van der Waals surface area contributed by atoms with E-state index in [1.54, 1.807) is 24.3 Å². The second-order valence-electron chi connectivity index (χ2n) is 4.62. The van der Waals surface area contributed by atoms with Gasteiger partial charge >= 0.3 is 0 Å². The van der Waals surface area contributed by atoms with Gasteiger partial charge in [-0.1, -0.05) is 30.3 Å². The van der Waals surface area contributed by atoms with Crippen LogP contribution in [0.4, 0.5) is 11.4 Å². The van der Waals surface area contributed by atoms with Crippen molar-refractivity contribution >= 4 is 33.4 Å². The van der Waals surface area contributed by atoms with Crippen molar-refractivity contribution in [2.24, 2.45) is 0 Å². The first-order valence-corrected chi connectivity index (χ1v) is 8.13. The summed E-state index contributed by atoms with van der Waals surface area (Å²) in [7, 11) is -3.59. The van der Waals surface area contributed by atoms with Gasteiger partial charge in [0.05, 0.1) is 5.41 Å². The number of rotatable bonds is 5. The molecule has 114 valence electrons. The molecule has 2 aromatic rings. The minimum Gasteiger partial charge on any atom is -0.326 e. The molecule has 1 amide bonds. The molecule has 2 N–H and O–H groups in total. The van der Waals surface area contributed by atoms with Crippen LogP contribution in [0.5, 0.6) is 0 Å². The zero-order chi connectivity index (χ0) is 16.0. The lowest BCUT2D eigenvalue weighted by molar-refractivity contribution is -0.114. The molecule has 0 bridgehead atoms. The standard InChI is InChI=1S/C16H16N2O3S/c1-13(19)17-15-7-9-16(10-8-15)18-22(20,21)12-11-14-5-3-2-4-6-14/h2-12,18H,1H3,(H,17,19)/b12-11+. The quantitative estimate of drug-likeness (QED) is 0.890. The molecule has 0 fully saturated rings. The van der Waals surface area contributed by atoms with Crippen molar-refractivity contribution < 1.29 is 13.2 Å². The maximum absolute atomic E-state index is 12.0. The number of hydrogen-bond donors (Lipinski definition) is 2. The SMILES string of the molecule is CC(=O)Nc1ccc(NS(=O)(=O)/C=C/c2ccccc2)cc1. The van der Waals surface area contributed by atoms with Crippen molar-refractivity contribution in [2.75, 3.05) is 10.0 Å². The van der Waals surface area contributed by atoms with Gasteiger partial charge in [0, 0.05) is 18.3 Å². The predicted molar refractivity (Wildman–Crippen MR) is 88.8 cm³/mol. The van der Waals surface area contributed by atoms with Gasteiger partial charge in [0.15, 0.2) is 0 Å². The minimum atomic E-state index is -3.59. The number of sulfonamides is 1. The maximum Gasteiger partial charge on any atom is 0.255 e. The van der Waals surface area contributed by atoms with E-state index < -0.39 is 10.0 Å². The van der Waals surface area contributed by atoms with Crippen LogP contribution in [0.2, 0.25) is 0 Å². The fraction of sp³-hybridized carbons (Fsp3) is 0.0625. The number of benzene rings is 2. The molecular formula is C16H16N2O3S. The molecule has 0 saturated carbocycles. The molecule has 0 spiro atoms. The maximum atomic E-state index is 12.0. The highest BCUT2D eigenvalue weighted by Gasteiger charge is 2.05. The van der Waals surface area contributed by atoms with Gasteiger partial charge in [-0.15, -0.1) is 0 Å². The summed E-state index contributed by atoms with van der Waals surface area (Å²) in [5, 5.41) is 3.73. The van der Waals surface area contributed by atoms with Gasteiger partial charge in [0.25, 0.3) is 10.0 Å². The lowest BCUT2D eigenvalue weighted by Gasteiger charge is -2.06. The second kappa shape index (κ2) is 6.91. The first-order chi connectivity index (χ1) is 10.4. The summed E-state index contributed by atoms with van der Waals surface area (Å²) in [6, 6.07) is 15.6. The van der Waals surface area contributed by atoms with Crippen LogP contribution >= 0.6 is 0 Å². The van der Waals surface area contributed by atoms with Crippen molar-refractivity contribution in [2.45, 2.75) is 6.92 Å². The van der Waals surface area contributed by atoms with Gasteiger partial charge in [0.2, 0.25) is 5.91 Å². The van der Waals surface area contributed by atoms with E-state index in [-0.39, 0.29) is 5.91 Å². The van der Waals surface area contributed by atoms with Crippen LogP contribution in [0.3, 0.4) is 0 Å². The van der Waals surface area contributed by atoms with Gasteiger partial charge in [-0.25, -0.2) is 8.42 Å². The number of carbonyl (C=O) groups excluding carboxylic acids is 1. The number of amides is 1. The van der Waals surface area contributed by atoms with Crippen LogP contribution in [0.15, 0.2) is 60.0 Å². The van der Waals surface area contributed by atoms with Gasteiger partial charge in [-0.2, -0.15) is 0 Å². The highest BCUT2D eigenvalue weighted by Crippen LogP contribution is 2.15. The van der Waals surface area contributed by atoms with Crippen LogP contribution in [0, 0.1) is 0 Å².